The topological polar surface area (TPSA) is 118 Å². The van der Waals surface area contributed by atoms with Crippen LogP contribution in [0.3, 0.4) is 0 Å². The lowest BCUT2D eigenvalue weighted by molar-refractivity contribution is 0.596. The number of anilines is 2. The monoisotopic (exact) mass is 607 g/mol. The standard InChI is InChI=1S/C29H27F2N7O2S2/c1-42(39,40)8-7-33-14-28-36-25(16-41-28)22-11-23-27(12-24(22)31)37(17-34-29(23)32)21-5-6-26-19(10-21)13-35-38(26)15-18-3-2-4-20(30)9-18/h2-6,9-13,16,33H,7-8,14-15,17H2,1H3,(H2,32,34). The molecular weight excluding hydrogens is 580 g/mol. The first kappa shape index (κ1) is 27.9. The molecule has 0 unspecified atom stereocenters. The Kier molecular flexibility index (Phi) is 7.47. The number of amidine groups is 1. The van der Waals surface area contributed by atoms with Crippen LogP contribution in [0.1, 0.15) is 16.1 Å². The van der Waals surface area contributed by atoms with Gasteiger partial charge in [-0.05, 0) is 48.0 Å². The molecule has 9 nitrogen and oxygen atoms in total. The highest BCUT2D eigenvalue weighted by molar-refractivity contribution is 7.90. The van der Waals surface area contributed by atoms with Crippen molar-refractivity contribution in [1.82, 2.24) is 20.1 Å². The Morgan fingerprint density at radius 3 is 2.76 bits per heavy atom. The van der Waals surface area contributed by atoms with E-state index in [0.29, 0.717) is 53.0 Å². The van der Waals surface area contributed by atoms with E-state index in [2.05, 4.69) is 20.4 Å². The number of aliphatic imine (C=N–C) groups is 1. The van der Waals surface area contributed by atoms with E-state index in [9.17, 15) is 12.8 Å². The molecule has 1 aliphatic heterocycles. The summed E-state index contributed by atoms with van der Waals surface area (Å²) in [5.74, 6) is -0.396. The maximum atomic E-state index is 15.6. The molecule has 0 saturated heterocycles. The second-order valence-electron chi connectivity index (χ2n) is 10.1. The van der Waals surface area contributed by atoms with Gasteiger partial charge in [0, 0.05) is 46.9 Å². The summed E-state index contributed by atoms with van der Waals surface area (Å²) in [5.41, 5.74) is 10.7. The molecule has 0 aliphatic carbocycles. The Hall–Kier alpha value is -4.20. The van der Waals surface area contributed by atoms with E-state index in [-0.39, 0.29) is 18.2 Å². The number of halogens is 2. The average Bonchev–Trinajstić information content (AvgIpc) is 3.57. The molecule has 1 aliphatic rings. The maximum Gasteiger partial charge on any atom is 0.148 e. The molecule has 0 amide bonds. The fourth-order valence-electron chi connectivity index (χ4n) is 4.86. The number of nitrogens with zero attached hydrogens (tertiary/aromatic N) is 5. The number of nitrogens with two attached hydrogens (primary N) is 1. The van der Waals surface area contributed by atoms with E-state index in [1.54, 1.807) is 23.7 Å². The summed E-state index contributed by atoms with van der Waals surface area (Å²) in [6.45, 7) is 1.34. The Labute approximate surface area is 245 Å². The minimum atomic E-state index is -3.06. The van der Waals surface area contributed by atoms with Crippen molar-refractivity contribution in [2.75, 3.05) is 30.1 Å². The number of thiazole rings is 1. The van der Waals surface area contributed by atoms with Crippen molar-refractivity contribution in [2.45, 2.75) is 13.1 Å². The van der Waals surface area contributed by atoms with E-state index in [4.69, 9.17) is 5.73 Å². The molecule has 0 spiro atoms. The number of hydrogen-bond acceptors (Lipinski definition) is 9. The Morgan fingerprint density at radius 2 is 1.95 bits per heavy atom. The Balaban J connectivity index is 1.25. The third-order valence-electron chi connectivity index (χ3n) is 6.95. The van der Waals surface area contributed by atoms with Gasteiger partial charge in [0.25, 0.3) is 0 Å². The largest absolute Gasteiger partial charge is 0.383 e. The van der Waals surface area contributed by atoms with Crippen molar-refractivity contribution in [2.24, 2.45) is 10.7 Å². The van der Waals surface area contributed by atoms with Gasteiger partial charge in [0.05, 0.1) is 35.4 Å². The molecule has 6 rings (SSSR count). The molecule has 216 valence electrons. The summed E-state index contributed by atoms with van der Waals surface area (Å²) in [5, 5.41) is 10.9. The van der Waals surface area contributed by atoms with Crippen LogP contribution in [0.15, 0.2) is 71.2 Å². The van der Waals surface area contributed by atoms with Crippen LogP contribution in [0.4, 0.5) is 20.2 Å². The molecule has 0 radical (unpaired) electrons. The fourth-order valence-corrected chi connectivity index (χ4v) is 6.14. The predicted molar refractivity (Wildman–Crippen MR) is 162 cm³/mol. The molecular formula is C29H27F2N7O2S2. The Bertz CT molecular complexity index is 1940. The summed E-state index contributed by atoms with van der Waals surface area (Å²) in [6, 6.07) is 15.4. The lowest BCUT2D eigenvalue weighted by atomic mass is 10.0. The van der Waals surface area contributed by atoms with Crippen LogP contribution in [0.5, 0.6) is 0 Å². The minimum Gasteiger partial charge on any atom is -0.383 e. The van der Waals surface area contributed by atoms with Gasteiger partial charge in [0.2, 0.25) is 0 Å². The van der Waals surface area contributed by atoms with Crippen molar-refractivity contribution in [3.63, 3.8) is 0 Å². The number of fused-ring (bicyclic) bond motifs is 2. The number of sulfone groups is 1. The van der Waals surface area contributed by atoms with E-state index in [1.807, 2.05) is 33.8 Å². The smallest absolute Gasteiger partial charge is 0.148 e. The normalized spacial score (nSPS) is 13.4. The van der Waals surface area contributed by atoms with Gasteiger partial charge in [-0.1, -0.05) is 12.1 Å². The maximum absolute atomic E-state index is 15.6. The Morgan fingerprint density at radius 1 is 1.10 bits per heavy atom. The summed E-state index contributed by atoms with van der Waals surface area (Å²) in [6.07, 6.45) is 2.94. The van der Waals surface area contributed by atoms with Crippen molar-refractivity contribution in [3.05, 3.63) is 93.9 Å². The summed E-state index contributed by atoms with van der Waals surface area (Å²) >= 11 is 1.36. The molecule has 3 aromatic carbocycles. The first-order valence-electron chi connectivity index (χ1n) is 13.1. The van der Waals surface area contributed by atoms with Crippen LogP contribution in [0.25, 0.3) is 22.2 Å². The van der Waals surface area contributed by atoms with Gasteiger partial charge in [-0.25, -0.2) is 27.2 Å². The van der Waals surface area contributed by atoms with Crippen LogP contribution in [0, 0.1) is 11.6 Å². The van der Waals surface area contributed by atoms with Crippen LogP contribution < -0.4 is 16.0 Å². The van der Waals surface area contributed by atoms with Crippen molar-refractivity contribution in [1.29, 1.82) is 0 Å². The molecule has 5 aromatic rings. The number of benzene rings is 3. The van der Waals surface area contributed by atoms with Gasteiger partial charge in [0.1, 0.15) is 39.0 Å². The van der Waals surface area contributed by atoms with Crippen LogP contribution in [-0.4, -0.2) is 54.2 Å². The first-order chi connectivity index (χ1) is 20.1. The molecule has 3 N–H and O–H groups in total. The van der Waals surface area contributed by atoms with Crippen LogP contribution >= 0.6 is 11.3 Å². The van der Waals surface area contributed by atoms with Gasteiger partial charge >= 0.3 is 0 Å². The summed E-state index contributed by atoms with van der Waals surface area (Å²) < 4.78 is 53.7. The number of aromatic nitrogens is 3. The van der Waals surface area contributed by atoms with E-state index in [0.717, 1.165) is 22.2 Å². The van der Waals surface area contributed by atoms with Crippen LogP contribution in [-0.2, 0) is 22.9 Å². The van der Waals surface area contributed by atoms with Gasteiger partial charge in [-0.15, -0.1) is 11.3 Å². The fraction of sp³-hybridized carbons (Fsp3) is 0.207. The van der Waals surface area contributed by atoms with Gasteiger partial charge in [0.15, 0.2) is 0 Å². The van der Waals surface area contributed by atoms with E-state index >= 15 is 4.39 Å². The lowest BCUT2D eigenvalue weighted by Crippen LogP contribution is -2.29. The van der Waals surface area contributed by atoms with Gasteiger partial charge in [-0.2, -0.15) is 5.10 Å². The highest BCUT2D eigenvalue weighted by Crippen LogP contribution is 2.37. The second-order valence-corrected chi connectivity index (χ2v) is 13.3. The van der Waals surface area contributed by atoms with Gasteiger partial charge in [-0.3, -0.25) is 4.68 Å². The summed E-state index contributed by atoms with van der Waals surface area (Å²) in [4.78, 5) is 10.9. The molecule has 13 heteroatoms. The zero-order valence-corrected chi connectivity index (χ0v) is 24.2. The molecule has 3 heterocycles. The average molecular weight is 608 g/mol. The molecule has 2 aromatic heterocycles. The van der Waals surface area contributed by atoms with Crippen molar-refractivity contribution in [3.8, 4) is 11.3 Å². The third kappa shape index (κ3) is 5.89. The zero-order chi connectivity index (χ0) is 29.4. The number of hydrogen-bond donors (Lipinski definition) is 2. The third-order valence-corrected chi connectivity index (χ3v) is 8.74. The molecule has 0 atom stereocenters. The highest BCUT2D eigenvalue weighted by atomic mass is 32.2. The van der Waals surface area contributed by atoms with E-state index < -0.39 is 15.7 Å². The number of rotatable bonds is 9. The second kappa shape index (κ2) is 11.2. The summed E-state index contributed by atoms with van der Waals surface area (Å²) in [7, 11) is -3.06. The van der Waals surface area contributed by atoms with Gasteiger partial charge < -0.3 is 16.0 Å². The van der Waals surface area contributed by atoms with E-state index in [1.165, 1.54) is 35.8 Å². The molecule has 0 fully saturated rings. The zero-order valence-electron chi connectivity index (χ0n) is 22.6. The quantitative estimate of drug-likeness (QED) is 0.238. The minimum absolute atomic E-state index is 0.0317. The first-order valence-corrected chi connectivity index (χ1v) is 16.0. The van der Waals surface area contributed by atoms with Crippen LogP contribution in [0.2, 0.25) is 0 Å². The molecule has 0 bridgehead atoms. The highest BCUT2D eigenvalue weighted by Gasteiger charge is 2.24. The lowest BCUT2D eigenvalue weighted by Gasteiger charge is -2.29. The molecule has 42 heavy (non-hydrogen) atoms. The number of nitrogens with one attached hydrogen (secondary N) is 1. The van der Waals surface area contributed by atoms with Crippen molar-refractivity contribution < 1.29 is 17.2 Å². The predicted octanol–water partition coefficient (Wildman–Crippen LogP) is 4.44. The van der Waals surface area contributed by atoms with Crippen molar-refractivity contribution >= 4 is 49.3 Å². The SMILES string of the molecule is CS(=O)(=O)CCNCc1nc(-c2cc3c(cc2F)N(c2ccc4c(cnn4Cc4cccc(F)c4)c2)CN=C3N)cs1. The molecule has 0 saturated carbocycles.